The fourth-order valence-corrected chi connectivity index (χ4v) is 4.64. The van der Waals surface area contributed by atoms with Crippen LogP contribution in [0.25, 0.3) is 16.7 Å². The maximum Gasteiger partial charge on any atom is 0.410 e. The largest absolute Gasteiger partial charge is 0.444 e. The molecule has 1 aliphatic rings. The number of carbonyl (C=O) groups excluding carboxylic acids is 2. The van der Waals surface area contributed by atoms with E-state index >= 15 is 0 Å². The molecule has 9 heteroatoms. The van der Waals surface area contributed by atoms with Gasteiger partial charge in [0.2, 0.25) is 0 Å². The number of amides is 2. The fraction of sp³-hybridized carbons (Fsp3) is 0.357. The lowest BCUT2D eigenvalue weighted by atomic mass is 10.1. The Morgan fingerprint density at radius 2 is 1.92 bits per heavy atom. The highest BCUT2D eigenvalue weighted by Crippen LogP contribution is 2.22. The van der Waals surface area contributed by atoms with Crippen LogP contribution in [-0.4, -0.2) is 61.0 Å². The van der Waals surface area contributed by atoms with Gasteiger partial charge in [-0.3, -0.25) is 9.78 Å². The van der Waals surface area contributed by atoms with Crippen LogP contribution >= 0.6 is 0 Å². The Labute approximate surface area is 216 Å². The van der Waals surface area contributed by atoms with E-state index in [9.17, 15) is 9.59 Å². The van der Waals surface area contributed by atoms with Crippen molar-refractivity contribution >= 4 is 23.0 Å². The molecule has 1 aliphatic heterocycles. The predicted molar refractivity (Wildman–Crippen MR) is 141 cm³/mol. The molecule has 0 saturated carbocycles. The van der Waals surface area contributed by atoms with Gasteiger partial charge in [-0.05, 0) is 69.5 Å². The summed E-state index contributed by atoms with van der Waals surface area (Å²) in [7, 11) is 0. The Morgan fingerprint density at radius 1 is 1.11 bits per heavy atom. The molecular weight excluding hydrogens is 468 g/mol. The molecule has 4 heterocycles. The molecule has 0 unspecified atom stereocenters. The molecule has 192 valence electrons. The smallest absolute Gasteiger partial charge is 0.410 e. The molecule has 0 spiro atoms. The van der Waals surface area contributed by atoms with E-state index in [-0.39, 0.29) is 18.0 Å². The van der Waals surface area contributed by atoms with Crippen molar-refractivity contribution in [2.45, 2.75) is 51.8 Å². The Morgan fingerprint density at radius 3 is 2.65 bits per heavy atom. The summed E-state index contributed by atoms with van der Waals surface area (Å²) in [6.07, 6.45) is 8.49. The van der Waals surface area contributed by atoms with E-state index < -0.39 is 5.60 Å². The highest BCUT2D eigenvalue weighted by molar-refractivity contribution is 6.05. The van der Waals surface area contributed by atoms with Crippen molar-refractivity contribution in [3.8, 4) is 5.69 Å². The van der Waals surface area contributed by atoms with Gasteiger partial charge < -0.3 is 19.5 Å². The number of hydrogen-bond acceptors (Lipinski definition) is 5. The summed E-state index contributed by atoms with van der Waals surface area (Å²) in [6.45, 7) is 7.21. The lowest BCUT2D eigenvalue weighted by Crippen LogP contribution is -2.50. The zero-order valence-electron chi connectivity index (χ0n) is 21.4. The predicted octanol–water partition coefficient (Wildman–Crippen LogP) is 4.40. The van der Waals surface area contributed by atoms with E-state index in [1.54, 1.807) is 17.3 Å². The van der Waals surface area contributed by atoms with E-state index in [0.717, 1.165) is 29.6 Å². The molecule has 9 nitrogen and oxygen atoms in total. The molecule has 1 aromatic carbocycles. The van der Waals surface area contributed by atoms with Crippen LogP contribution < -0.4 is 5.32 Å². The summed E-state index contributed by atoms with van der Waals surface area (Å²) in [4.78, 5) is 32.1. The first-order valence-corrected chi connectivity index (χ1v) is 12.6. The van der Waals surface area contributed by atoms with Crippen molar-refractivity contribution in [3.63, 3.8) is 0 Å². The Kier molecular flexibility index (Phi) is 6.69. The van der Waals surface area contributed by atoms with Crippen molar-refractivity contribution in [2.75, 3.05) is 13.1 Å². The summed E-state index contributed by atoms with van der Waals surface area (Å²) in [5, 5.41) is 7.40. The van der Waals surface area contributed by atoms with Crippen LogP contribution in [0.2, 0.25) is 0 Å². The molecule has 37 heavy (non-hydrogen) atoms. The molecule has 5 rings (SSSR count). The van der Waals surface area contributed by atoms with Gasteiger partial charge in [0.05, 0.1) is 16.8 Å². The van der Waals surface area contributed by atoms with Gasteiger partial charge in [-0.25, -0.2) is 9.48 Å². The van der Waals surface area contributed by atoms with Gasteiger partial charge in [0.25, 0.3) is 5.91 Å². The minimum Gasteiger partial charge on any atom is -0.444 e. The number of benzene rings is 1. The minimum atomic E-state index is -0.555. The van der Waals surface area contributed by atoms with Gasteiger partial charge in [-0.15, -0.1) is 0 Å². The van der Waals surface area contributed by atoms with Crippen LogP contribution in [-0.2, 0) is 11.3 Å². The maximum absolute atomic E-state index is 13.4. The Bertz CT molecular complexity index is 1390. The molecule has 2 amide bonds. The number of ether oxygens (including phenoxy) is 1. The highest BCUT2D eigenvalue weighted by Gasteiger charge is 2.29. The van der Waals surface area contributed by atoms with E-state index in [1.165, 1.54) is 0 Å². The number of likely N-dealkylation sites (tertiary alicyclic amines) is 1. The minimum absolute atomic E-state index is 0.147. The molecule has 4 aromatic rings. The lowest BCUT2D eigenvalue weighted by molar-refractivity contribution is 0.0185. The molecule has 1 fully saturated rings. The molecule has 3 aromatic heterocycles. The van der Waals surface area contributed by atoms with Crippen LogP contribution in [0, 0.1) is 0 Å². The quantitative estimate of drug-likeness (QED) is 0.438. The standard InChI is InChI=1S/C28H32N6O3/c1-28(2,3)37-27(36)32-15-5-7-21(18-32)31-26(35)23-19-33(24-8-4-13-29-25(23)24)17-20-9-11-22(12-10-20)34-16-6-14-30-34/h4,6,8-14,16,19,21H,5,7,15,17-18H2,1-3H3,(H,31,35)/t21-/m1/s1. The van der Waals surface area contributed by atoms with Gasteiger partial charge in [-0.2, -0.15) is 5.10 Å². The average molecular weight is 501 g/mol. The molecule has 1 atom stereocenters. The summed E-state index contributed by atoms with van der Waals surface area (Å²) in [5.74, 6) is -0.187. The molecule has 0 radical (unpaired) electrons. The van der Waals surface area contributed by atoms with Gasteiger partial charge in [0, 0.05) is 50.5 Å². The SMILES string of the molecule is CC(C)(C)OC(=O)N1CCC[C@@H](NC(=O)c2cn(Cc3ccc(-n4cccn4)cc3)c3cccnc23)C1. The van der Waals surface area contributed by atoms with Crippen LogP contribution in [0.4, 0.5) is 4.79 Å². The average Bonchev–Trinajstić information content (AvgIpc) is 3.53. The van der Waals surface area contributed by atoms with Crippen molar-refractivity contribution in [1.82, 2.24) is 29.5 Å². The Balaban J connectivity index is 1.31. The van der Waals surface area contributed by atoms with E-state index in [4.69, 9.17) is 4.74 Å². The van der Waals surface area contributed by atoms with Gasteiger partial charge in [0.1, 0.15) is 11.1 Å². The maximum atomic E-state index is 13.4. The van der Waals surface area contributed by atoms with Crippen molar-refractivity contribution in [2.24, 2.45) is 0 Å². The highest BCUT2D eigenvalue weighted by atomic mass is 16.6. The number of nitrogens with zero attached hydrogens (tertiary/aromatic N) is 5. The molecule has 0 bridgehead atoms. The molecule has 1 saturated heterocycles. The van der Waals surface area contributed by atoms with Crippen molar-refractivity contribution in [3.05, 3.63) is 78.4 Å². The second-order valence-corrected chi connectivity index (χ2v) is 10.4. The van der Waals surface area contributed by atoms with Crippen LogP contribution in [0.1, 0.15) is 49.5 Å². The van der Waals surface area contributed by atoms with Gasteiger partial charge in [0.15, 0.2) is 0 Å². The van der Waals surface area contributed by atoms with Crippen LogP contribution in [0.15, 0.2) is 67.3 Å². The molecule has 1 N–H and O–H groups in total. The van der Waals surface area contributed by atoms with Gasteiger partial charge in [-0.1, -0.05) is 12.1 Å². The number of aromatic nitrogens is 4. The topological polar surface area (TPSA) is 94.3 Å². The Hall–Kier alpha value is -4.14. The zero-order valence-corrected chi connectivity index (χ0v) is 21.4. The normalized spacial score (nSPS) is 16.1. The second kappa shape index (κ2) is 10.1. The summed E-state index contributed by atoms with van der Waals surface area (Å²) in [5.41, 5.74) is 3.61. The first-order chi connectivity index (χ1) is 17.8. The lowest BCUT2D eigenvalue weighted by Gasteiger charge is -2.34. The summed E-state index contributed by atoms with van der Waals surface area (Å²) >= 11 is 0. The monoisotopic (exact) mass is 500 g/mol. The second-order valence-electron chi connectivity index (χ2n) is 10.4. The third-order valence-corrected chi connectivity index (χ3v) is 6.35. The number of pyridine rings is 1. The van der Waals surface area contributed by atoms with E-state index in [2.05, 4.69) is 27.5 Å². The first kappa shape index (κ1) is 24.5. The first-order valence-electron chi connectivity index (χ1n) is 12.6. The number of rotatable bonds is 5. The fourth-order valence-electron chi connectivity index (χ4n) is 4.64. The zero-order chi connectivity index (χ0) is 26.0. The van der Waals surface area contributed by atoms with E-state index in [1.807, 2.05) is 72.7 Å². The number of fused-ring (bicyclic) bond motifs is 1. The third-order valence-electron chi connectivity index (χ3n) is 6.35. The van der Waals surface area contributed by atoms with Crippen molar-refractivity contribution < 1.29 is 14.3 Å². The summed E-state index contributed by atoms with van der Waals surface area (Å²) in [6, 6.07) is 13.8. The molecule has 0 aliphatic carbocycles. The number of piperidine rings is 1. The van der Waals surface area contributed by atoms with Crippen LogP contribution in [0.3, 0.4) is 0 Å². The van der Waals surface area contributed by atoms with Crippen molar-refractivity contribution in [1.29, 1.82) is 0 Å². The van der Waals surface area contributed by atoms with Gasteiger partial charge >= 0.3 is 6.09 Å². The number of nitrogens with one attached hydrogen (secondary N) is 1. The summed E-state index contributed by atoms with van der Waals surface area (Å²) < 4.78 is 9.38. The third kappa shape index (κ3) is 5.66. The van der Waals surface area contributed by atoms with E-state index in [0.29, 0.717) is 30.7 Å². The molecular formula is C28H32N6O3. The number of hydrogen-bond donors (Lipinski definition) is 1. The number of carbonyl (C=O) groups is 2. The van der Waals surface area contributed by atoms with Crippen LogP contribution in [0.5, 0.6) is 0 Å².